The second-order valence-corrected chi connectivity index (χ2v) is 6.17. The van der Waals surface area contributed by atoms with Gasteiger partial charge in [-0.05, 0) is 24.3 Å². The normalized spacial score (nSPS) is 16.1. The number of anilines is 2. The third-order valence-electron chi connectivity index (χ3n) is 4.32. The lowest BCUT2D eigenvalue weighted by atomic mass is 10.2. The summed E-state index contributed by atoms with van der Waals surface area (Å²) in [6.07, 6.45) is 0.111. The predicted octanol–water partition coefficient (Wildman–Crippen LogP) is 2.91. The minimum atomic E-state index is -1.06. The summed E-state index contributed by atoms with van der Waals surface area (Å²) in [5.41, 5.74) is 0.727. The zero-order chi connectivity index (χ0) is 20.3. The van der Waals surface area contributed by atoms with E-state index in [9.17, 15) is 18.4 Å². The first kappa shape index (κ1) is 19.4. The lowest BCUT2D eigenvalue weighted by molar-refractivity contribution is -0.117. The standard InChI is InChI=1S/C19H19F2N3O4/c1-27-16-6-4-13(9-17(16)28-2)24-10-12(8-18(24)25)23-19(26)22-11-3-5-14(20)15(21)7-11/h3-7,9,12H,8,10H2,1-2H3,(H2,22,23,26)/t12-/m0/s1. The summed E-state index contributed by atoms with van der Waals surface area (Å²) in [6.45, 7) is 0.263. The first-order chi connectivity index (χ1) is 13.4. The molecule has 2 aromatic rings. The number of ether oxygens (including phenoxy) is 2. The Bertz CT molecular complexity index is 907. The number of rotatable bonds is 5. The maximum absolute atomic E-state index is 13.2. The van der Waals surface area contributed by atoms with E-state index in [2.05, 4.69) is 10.6 Å². The van der Waals surface area contributed by atoms with Gasteiger partial charge in [-0.25, -0.2) is 13.6 Å². The van der Waals surface area contributed by atoms with Crippen LogP contribution in [0.2, 0.25) is 0 Å². The van der Waals surface area contributed by atoms with Crippen LogP contribution in [0.3, 0.4) is 0 Å². The molecule has 0 saturated carbocycles. The molecule has 1 aliphatic rings. The van der Waals surface area contributed by atoms with Crippen LogP contribution in [-0.4, -0.2) is 38.7 Å². The third-order valence-corrected chi connectivity index (χ3v) is 4.32. The average Bonchev–Trinajstić information content (AvgIpc) is 3.04. The Morgan fingerprint density at radius 1 is 1.07 bits per heavy atom. The molecule has 1 aliphatic heterocycles. The van der Waals surface area contributed by atoms with Crippen LogP contribution in [0.5, 0.6) is 11.5 Å². The number of hydrogen-bond acceptors (Lipinski definition) is 4. The van der Waals surface area contributed by atoms with Crippen LogP contribution in [0.4, 0.5) is 25.0 Å². The first-order valence-corrected chi connectivity index (χ1v) is 8.46. The molecule has 3 amide bonds. The highest BCUT2D eigenvalue weighted by atomic mass is 19.2. The highest BCUT2D eigenvalue weighted by Gasteiger charge is 2.32. The minimum absolute atomic E-state index is 0.109. The first-order valence-electron chi connectivity index (χ1n) is 8.46. The number of methoxy groups -OCH3 is 2. The second kappa shape index (κ2) is 8.12. The van der Waals surface area contributed by atoms with E-state index in [4.69, 9.17) is 9.47 Å². The summed E-state index contributed by atoms with van der Waals surface area (Å²) in [4.78, 5) is 26.0. The van der Waals surface area contributed by atoms with Crippen LogP contribution >= 0.6 is 0 Å². The lowest BCUT2D eigenvalue weighted by Gasteiger charge is -2.19. The fourth-order valence-electron chi connectivity index (χ4n) is 2.97. The molecular weight excluding hydrogens is 372 g/mol. The van der Waals surface area contributed by atoms with Gasteiger partial charge in [-0.15, -0.1) is 0 Å². The van der Waals surface area contributed by atoms with Gasteiger partial charge >= 0.3 is 6.03 Å². The molecule has 1 saturated heterocycles. The van der Waals surface area contributed by atoms with E-state index in [0.717, 1.165) is 12.1 Å². The fraction of sp³-hybridized carbons (Fsp3) is 0.263. The molecule has 3 rings (SSSR count). The molecule has 0 unspecified atom stereocenters. The SMILES string of the molecule is COc1ccc(N2C[C@@H](NC(=O)Nc3ccc(F)c(F)c3)CC2=O)cc1OC. The molecule has 0 spiro atoms. The molecule has 7 nitrogen and oxygen atoms in total. The van der Waals surface area contributed by atoms with E-state index in [1.807, 2.05) is 0 Å². The van der Waals surface area contributed by atoms with Gasteiger partial charge in [-0.3, -0.25) is 4.79 Å². The second-order valence-electron chi connectivity index (χ2n) is 6.17. The van der Waals surface area contributed by atoms with Gasteiger partial charge in [0.2, 0.25) is 5.91 Å². The Morgan fingerprint density at radius 3 is 2.50 bits per heavy atom. The van der Waals surface area contributed by atoms with Crippen LogP contribution < -0.4 is 25.0 Å². The average molecular weight is 391 g/mol. The van der Waals surface area contributed by atoms with Gasteiger partial charge in [-0.1, -0.05) is 0 Å². The van der Waals surface area contributed by atoms with Crippen LogP contribution in [0.15, 0.2) is 36.4 Å². The largest absolute Gasteiger partial charge is 0.493 e. The van der Waals surface area contributed by atoms with E-state index < -0.39 is 23.7 Å². The Labute approximate surface area is 160 Å². The van der Waals surface area contributed by atoms with Crippen LogP contribution in [0.25, 0.3) is 0 Å². The highest BCUT2D eigenvalue weighted by Crippen LogP contribution is 2.33. The van der Waals surface area contributed by atoms with Gasteiger partial charge in [0.1, 0.15) is 0 Å². The smallest absolute Gasteiger partial charge is 0.319 e. The molecular formula is C19H19F2N3O4. The van der Waals surface area contributed by atoms with Crippen molar-refractivity contribution >= 4 is 23.3 Å². The quantitative estimate of drug-likeness (QED) is 0.822. The predicted molar refractivity (Wildman–Crippen MR) is 98.8 cm³/mol. The summed E-state index contributed by atoms with van der Waals surface area (Å²) in [6, 6.07) is 7.09. The van der Waals surface area contributed by atoms with Gasteiger partial charge in [0, 0.05) is 36.5 Å². The van der Waals surface area contributed by atoms with Crippen molar-refractivity contribution in [2.75, 3.05) is 31.0 Å². The number of urea groups is 1. The number of benzene rings is 2. The van der Waals surface area contributed by atoms with Crippen LogP contribution in [0.1, 0.15) is 6.42 Å². The van der Waals surface area contributed by atoms with Crippen molar-refractivity contribution in [2.45, 2.75) is 12.5 Å². The van der Waals surface area contributed by atoms with E-state index in [1.165, 1.54) is 25.2 Å². The number of carbonyl (C=O) groups is 2. The molecule has 28 heavy (non-hydrogen) atoms. The molecule has 2 N–H and O–H groups in total. The monoisotopic (exact) mass is 391 g/mol. The van der Waals surface area contributed by atoms with Crippen molar-refractivity contribution in [1.29, 1.82) is 0 Å². The minimum Gasteiger partial charge on any atom is -0.493 e. The molecule has 2 aromatic carbocycles. The molecule has 0 aromatic heterocycles. The van der Waals surface area contributed by atoms with Crippen molar-refractivity contribution in [3.63, 3.8) is 0 Å². The zero-order valence-corrected chi connectivity index (χ0v) is 15.3. The molecule has 1 atom stereocenters. The van der Waals surface area contributed by atoms with Gasteiger partial charge in [0.15, 0.2) is 23.1 Å². The van der Waals surface area contributed by atoms with Crippen LogP contribution in [0, 0.1) is 11.6 Å². The summed E-state index contributed by atoms with van der Waals surface area (Å²) in [5, 5.41) is 5.07. The number of nitrogens with one attached hydrogen (secondary N) is 2. The maximum Gasteiger partial charge on any atom is 0.319 e. The van der Waals surface area contributed by atoms with Gasteiger partial charge < -0.3 is 25.0 Å². The summed E-state index contributed by atoms with van der Waals surface area (Å²) < 4.78 is 36.6. The molecule has 9 heteroatoms. The molecule has 1 fully saturated rings. The fourth-order valence-corrected chi connectivity index (χ4v) is 2.97. The molecule has 0 bridgehead atoms. The van der Waals surface area contributed by atoms with Gasteiger partial charge in [-0.2, -0.15) is 0 Å². The van der Waals surface area contributed by atoms with E-state index in [0.29, 0.717) is 17.2 Å². The number of amides is 3. The maximum atomic E-state index is 13.2. The number of carbonyl (C=O) groups excluding carboxylic acids is 2. The number of nitrogens with zero attached hydrogens (tertiary/aromatic N) is 1. The Kier molecular flexibility index (Phi) is 5.62. The van der Waals surface area contributed by atoms with Crippen molar-refractivity contribution < 1.29 is 27.8 Å². The molecule has 0 aliphatic carbocycles. The molecule has 0 radical (unpaired) electrons. The Balaban J connectivity index is 1.64. The lowest BCUT2D eigenvalue weighted by Crippen LogP contribution is -2.39. The van der Waals surface area contributed by atoms with Gasteiger partial charge in [0.25, 0.3) is 0 Å². The highest BCUT2D eigenvalue weighted by molar-refractivity contribution is 5.98. The van der Waals surface area contributed by atoms with E-state index in [1.54, 1.807) is 18.2 Å². The molecule has 1 heterocycles. The summed E-state index contributed by atoms with van der Waals surface area (Å²) in [7, 11) is 3.02. The van der Waals surface area contributed by atoms with Crippen molar-refractivity contribution in [3.8, 4) is 11.5 Å². The molecule has 148 valence electrons. The topological polar surface area (TPSA) is 79.9 Å². The van der Waals surface area contributed by atoms with Crippen molar-refractivity contribution in [3.05, 3.63) is 48.0 Å². The van der Waals surface area contributed by atoms with Crippen LogP contribution in [-0.2, 0) is 4.79 Å². The summed E-state index contributed by atoms with van der Waals surface area (Å²) in [5.74, 6) is -1.20. The van der Waals surface area contributed by atoms with E-state index >= 15 is 0 Å². The zero-order valence-electron chi connectivity index (χ0n) is 15.3. The Morgan fingerprint density at radius 2 is 1.82 bits per heavy atom. The summed E-state index contributed by atoms with van der Waals surface area (Å²) >= 11 is 0. The third kappa shape index (κ3) is 4.13. The van der Waals surface area contributed by atoms with Gasteiger partial charge in [0.05, 0.1) is 20.3 Å². The Hall–Kier alpha value is -3.36. The van der Waals surface area contributed by atoms with Crippen molar-refractivity contribution in [1.82, 2.24) is 5.32 Å². The van der Waals surface area contributed by atoms with E-state index in [-0.39, 0.29) is 24.6 Å². The van der Waals surface area contributed by atoms with Crippen molar-refractivity contribution in [2.24, 2.45) is 0 Å². The number of halogens is 2. The number of hydrogen-bond donors (Lipinski definition) is 2.